The fourth-order valence-corrected chi connectivity index (χ4v) is 2.08. The number of hydrogen-bond donors (Lipinski definition) is 1. The number of carbonyl (C=O) groups is 1. The van der Waals surface area contributed by atoms with Gasteiger partial charge in [-0.2, -0.15) is 0 Å². The highest BCUT2D eigenvalue weighted by atomic mass is 16.5. The number of benzene rings is 1. The van der Waals surface area contributed by atoms with Crippen LogP contribution in [0.1, 0.15) is 43.0 Å². The van der Waals surface area contributed by atoms with Crippen LogP contribution in [0.15, 0.2) is 48.7 Å². The molecular formula is C18H22N2O2. The molecule has 2 rings (SSSR count). The maximum Gasteiger partial charge on any atom is 0.251 e. The lowest BCUT2D eigenvalue weighted by Gasteiger charge is -2.08. The molecule has 0 fully saturated rings. The molecule has 0 aliphatic rings. The van der Waals surface area contributed by atoms with Crippen LogP contribution in [-0.2, 0) is 0 Å². The molecule has 1 N–H and O–H groups in total. The largest absolute Gasteiger partial charge is 0.439 e. The predicted octanol–water partition coefficient (Wildman–Crippen LogP) is 4.18. The van der Waals surface area contributed by atoms with Crippen LogP contribution in [0, 0.1) is 0 Å². The summed E-state index contributed by atoms with van der Waals surface area (Å²) >= 11 is 0. The van der Waals surface area contributed by atoms with E-state index >= 15 is 0 Å². The van der Waals surface area contributed by atoms with Gasteiger partial charge in [-0.25, -0.2) is 4.98 Å². The van der Waals surface area contributed by atoms with Gasteiger partial charge in [0.05, 0.1) is 0 Å². The molecular weight excluding hydrogens is 276 g/mol. The number of nitrogens with one attached hydrogen (secondary N) is 1. The maximum absolute atomic E-state index is 12.1. The van der Waals surface area contributed by atoms with Crippen molar-refractivity contribution in [3.63, 3.8) is 0 Å². The number of unbranched alkanes of at least 4 members (excludes halogenated alkanes) is 3. The summed E-state index contributed by atoms with van der Waals surface area (Å²) in [7, 11) is 0. The highest BCUT2D eigenvalue weighted by molar-refractivity contribution is 5.94. The van der Waals surface area contributed by atoms with Gasteiger partial charge >= 0.3 is 0 Å². The van der Waals surface area contributed by atoms with Gasteiger partial charge in [0.25, 0.3) is 5.91 Å². The molecule has 1 heterocycles. The predicted molar refractivity (Wildman–Crippen MR) is 87.2 cm³/mol. The van der Waals surface area contributed by atoms with Crippen molar-refractivity contribution in [3.05, 3.63) is 54.2 Å². The third kappa shape index (κ3) is 5.20. The molecule has 0 radical (unpaired) electrons. The molecule has 0 aliphatic carbocycles. The van der Waals surface area contributed by atoms with Gasteiger partial charge in [-0.05, 0) is 30.7 Å². The second-order valence-electron chi connectivity index (χ2n) is 5.11. The van der Waals surface area contributed by atoms with Crippen LogP contribution in [0.25, 0.3) is 0 Å². The SMILES string of the molecule is CCCCCCNC(=O)c1cccc(Oc2ccccn2)c1. The Labute approximate surface area is 131 Å². The standard InChI is InChI=1S/C18H22N2O2/c1-2-3-4-6-13-20-18(21)15-9-8-10-16(14-15)22-17-11-5-7-12-19-17/h5,7-12,14H,2-4,6,13H2,1H3,(H,20,21). The third-order valence-corrected chi connectivity index (χ3v) is 3.27. The van der Waals surface area contributed by atoms with Crippen molar-refractivity contribution in [1.82, 2.24) is 10.3 Å². The molecule has 1 amide bonds. The van der Waals surface area contributed by atoms with E-state index in [0.717, 1.165) is 12.8 Å². The average molecular weight is 298 g/mol. The minimum atomic E-state index is -0.0667. The van der Waals surface area contributed by atoms with Crippen LogP contribution in [-0.4, -0.2) is 17.4 Å². The Morgan fingerprint density at radius 2 is 2.05 bits per heavy atom. The Bertz CT molecular complexity index is 585. The Morgan fingerprint density at radius 1 is 1.14 bits per heavy atom. The Balaban J connectivity index is 1.89. The first kappa shape index (κ1) is 16.0. The van der Waals surface area contributed by atoms with E-state index in [9.17, 15) is 4.79 Å². The zero-order valence-electron chi connectivity index (χ0n) is 12.9. The van der Waals surface area contributed by atoms with E-state index in [1.54, 1.807) is 24.4 Å². The Kier molecular flexibility index (Phi) is 6.42. The maximum atomic E-state index is 12.1. The van der Waals surface area contributed by atoms with Gasteiger partial charge in [0.1, 0.15) is 5.75 Å². The summed E-state index contributed by atoms with van der Waals surface area (Å²) in [5, 5.41) is 2.94. The molecule has 0 saturated carbocycles. The third-order valence-electron chi connectivity index (χ3n) is 3.27. The van der Waals surface area contributed by atoms with Gasteiger partial charge in [0.2, 0.25) is 5.88 Å². The molecule has 4 nitrogen and oxygen atoms in total. The minimum absolute atomic E-state index is 0.0667. The summed E-state index contributed by atoms with van der Waals surface area (Å²) in [6.07, 6.45) is 6.25. The highest BCUT2D eigenvalue weighted by Crippen LogP contribution is 2.19. The second kappa shape index (κ2) is 8.82. The molecule has 0 unspecified atom stereocenters. The van der Waals surface area contributed by atoms with Gasteiger partial charge in [-0.1, -0.05) is 38.3 Å². The zero-order chi connectivity index (χ0) is 15.6. The van der Waals surface area contributed by atoms with Gasteiger partial charge in [0, 0.05) is 24.4 Å². The first-order chi connectivity index (χ1) is 10.8. The van der Waals surface area contributed by atoms with E-state index < -0.39 is 0 Å². The van der Waals surface area contributed by atoms with Crippen LogP contribution >= 0.6 is 0 Å². The average Bonchev–Trinajstić information content (AvgIpc) is 2.56. The topological polar surface area (TPSA) is 51.2 Å². The molecule has 0 bridgehead atoms. The fraction of sp³-hybridized carbons (Fsp3) is 0.333. The number of amides is 1. The van der Waals surface area contributed by atoms with Crippen LogP contribution in [0.2, 0.25) is 0 Å². The van der Waals surface area contributed by atoms with Crippen LogP contribution in [0.3, 0.4) is 0 Å². The molecule has 0 spiro atoms. The molecule has 0 aliphatic heterocycles. The van der Waals surface area contributed by atoms with E-state index in [1.807, 2.05) is 24.3 Å². The Hall–Kier alpha value is -2.36. The molecule has 0 atom stereocenters. The number of aromatic nitrogens is 1. The van der Waals surface area contributed by atoms with Crippen LogP contribution in [0.5, 0.6) is 11.6 Å². The van der Waals surface area contributed by atoms with E-state index in [0.29, 0.717) is 23.7 Å². The lowest BCUT2D eigenvalue weighted by molar-refractivity contribution is 0.0952. The lowest BCUT2D eigenvalue weighted by Crippen LogP contribution is -2.24. The summed E-state index contributed by atoms with van der Waals surface area (Å²) in [5.74, 6) is 1.06. The molecule has 1 aromatic heterocycles. The van der Waals surface area contributed by atoms with Crippen molar-refractivity contribution in [2.24, 2.45) is 0 Å². The number of nitrogens with zero attached hydrogens (tertiary/aromatic N) is 1. The quantitative estimate of drug-likeness (QED) is 0.744. The van der Waals surface area contributed by atoms with Gasteiger partial charge in [-0.15, -0.1) is 0 Å². The highest BCUT2D eigenvalue weighted by Gasteiger charge is 2.06. The van der Waals surface area contributed by atoms with Crippen molar-refractivity contribution < 1.29 is 9.53 Å². The zero-order valence-corrected chi connectivity index (χ0v) is 12.9. The summed E-state index contributed by atoms with van der Waals surface area (Å²) in [4.78, 5) is 16.2. The lowest BCUT2D eigenvalue weighted by atomic mass is 10.2. The normalized spacial score (nSPS) is 10.2. The molecule has 2 aromatic rings. The number of pyridine rings is 1. The molecule has 1 aromatic carbocycles. The number of hydrogen-bond acceptors (Lipinski definition) is 3. The van der Waals surface area contributed by atoms with Gasteiger partial charge in [0.15, 0.2) is 0 Å². The van der Waals surface area contributed by atoms with Crippen LogP contribution in [0.4, 0.5) is 0 Å². The summed E-state index contributed by atoms with van der Waals surface area (Å²) < 4.78 is 5.64. The Morgan fingerprint density at radius 3 is 2.82 bits per heavy atom. The molecule has 22 heavy (non-hydrogen) atoms. The van der Waals surface area contributed by atoms with E-state index in [-0.39, 0.29) is 5.91 Å². The van der Waals surface area contributed by atoms with Crippen molar-refractivity contribution in [3.8, 4) is 11.6 Å². The van der Waals surface area contributed by atoms with E-state index in [1.165, 1.54) is 12.8 Å². The van der Waals surface area contributed by atoms with E-state index in [4.69, 9.17) is 4.74 Å². The van der Waals surface area contributed by atoms with Gasteiger partial charge in [-0.3, -0.25) is 4.79 Å². The number of rotatable bonds is 8. The molecule has 4 heteroatoms. The van der Waals surface area contributed by atoms with Gasteiger partial charge < -0.3 is 10.1 Å². The number of carbonyl (C=O) groups excluding carboxylic acids is 1. The summed E-state index contributed by atoms with van der Waals surface area (Å²) in [5.41, 5.74) is 0.601. The summed E-state index contributed by atoms with van der Waals surface area (Å²) in [6, 6.07) is 12.6. The number of ether oxygens (including phenoxy) is 1. The molecule has 116 valence electrons. The van der Waals surface area contributed by atoms with E-state index in [2.05, 4.69) is 17.2 Å². The fourth-order valence-electron chi connectivity index (χ4n) is 2.08. The van der Waals surface area contributed by atoms with Crippen LogP contribution < -0.4 is 10.1 Å². The monoisotopic (exact) mass is 298 g/mol. The minimum Gasteiger partial charge on any atom is -0.439 e. The summed E-state index contributed by atoms with van der Waals surface area (Å²) in [6.45, 7) is 2.88. The van der Waals surface area contributed by atoms with Crippen molar-refractivity contribution >= 4 is 5.91 Å². The first-order valence-electron chi connectivity index (χ1n) is 7.76. The first-order valence-corrected chi connectivity index (χ1v) is 7.76. The smallest absolute Gasteiger partial charge is 0.251 e. The van der Waals surface area contributed by atoms with Crippen molar-refractivity contribution in [1.29, 1.82) is 0 Å². The molecule has 0 saturated heterocycles. The van der Waals surface area contributed by atoms with Crippen molar-refractivity contribution in [2.45, 2.75) is 32.6 Å². The second-order valence-corrected chi connectivity index (χ2v) is 5.11. The van der Waals surface area contributed by atoms with Crippen molar-refractivity contribution in [2.75, 3.05) is 6.54 Å².